The first-order valence-electron chi connectivity index (χ1n) is 11.4. The Morgan fingerprint density at radius 2 is 1.94 bits per heavy atom. The van der Waals surface area contributed by atoms with E-state index < -0.39 is 0 Å². The number of benzene rings is 2. The van der Waals surface area contributed by atoms with Crippen LogP contribution >= 0.6 is 47.8 Å². The van der Waals surface area contributed by atoms with Crippen molar-refractivity contribution in [1.82, 2.24) is 9.66 Å². The van der Waals surface area contributed by atoms with Crippen molar-refractivity contribution in [3.8, 4) is 17.6 Å². The Bertz CT molecular complexity index is 1380. The van der Waals surface area contributed by atoms with Gasteiger partial charge in [-0.1, -0.05) is 35.2 Å². The molecule has 3 aromatic rings. The van der Waals surface area contributed by atoms with Gasteiger partial charge in [0.1, 0.15) is 11.9 Å². The van der Waals surface area contributed by atoms with Crippen LogP contribution in [0.1, 0.15) is 56.3 Å². The predicted molar refractivity (Wildman–Crippen MR) is 147 cm³/mol. The molecule has 1 aromatic heterocycles. The van der Waals surface area contributed by atoms with Crippen molar-refractivity contribution in [2.75, 3.05) is 13.2 Å². The molecule has 1 fully saturated rings. The van der Waals surface area contributed by atoms with E-state index >= 15 is 0 Å². The highest BCUT2D eigenvalue weighted by Gasteiger charge is 2.23. The SMILES string of the molecule is CCOc1cc(C=Nn2c(C3CCCCC3)nc3ccc(Br)cc3c2=O)c(Br)c(Br)c1OCC#N. The topological polar surface area (TPSA) is 89.5 Å². The van der Waals surface area contributed by atoms with Crippen molar-refractivity contribution in [2.45, 2.75) is 44.9 Å². The summed E-state index contributed by atoms with van der Waals surface area (Å²) < 4.78 is 14.8. The molecule has 1 aliphatic carbocycles. The summed E-state index contributed by atoms with van der Waals surface area (Å²) in [6, 6.07) is 9.28. The van der Waals surface area contributed by atoms with E-state index in [0.717, 1.165) is 30.2 Å². The Hall–Kier alpha value is -2.22. The van der Waals surface area contributed by atoms with Crippen molar-refractivity contribution >= 4 is 64.9 Å². The zero-order chi connectivity index (χ0) is 24.9. The highest BCUT2D eigenvalue weighted by atomic mass is 79.9. The van der Waals surface area contributed by atoms with E-state index in [0.29, 0.717) is 49.3 Å². The van der Waals surface area contributed by atoms with E-state index in [2.05, 4.69) is 52.9 Å². The number of aromatic nitrogens is 2. The number of hydrogen-bond donors (Lipinski definition) is 0. The third kappa shape index (κ3) is 5.63. The van der Waals surface area contributed by atoms with Gasteiger partial charge >= 0.3 is 0 Å². The normalized spacial score (nSPS) is 14.4. The van der Waals surface area contributed by atoms with Crippen LogP contribution in [0.25, 0.3) is 10.9 Å². The highest BCUT2D eigenvalue weighted by Crippen LogP contribution is 2.42. The van der Waals surface area contributed by atoms with E-state index in [1.807, 2.05) is 25.1 Å². The molecule has 0 spiro atoms. The quantitative estimate of drug-likeness (QED) is 0.256. The molecule has 0 unspecified atom stereocenters. The van der Waals surface area contributed by atoms with Crippen LogP contribution in [0.5, 0.6) is 11.5 Å². The summed E-state index contributed by atoms with van der Waals surface area (Å²) in [5, 5.41) is 14.1. The number of halogens is 3. The van der Waals surface area contributed by atoms with Gasteiger partial charge in [-0.3, -0.25) is 4.79 Å². The second kappa shape index (κ2) is 11.7. The largest absolute Gasteiger partial charge is 0.490 e. The molecule has 1 aliphatic rings. The van der Waals surface area contributed by atoms with Crippen molar-refractivity contribution in [3.63, 3.8) is 0 Å². The van der Waals surface area contributed by atoms with Crippen LogP contribution in [0.2, 0.25) is 0 Å². The number of fused-ring (bicyclic) bond motifs is 1. The van der Waals surface area contributed by atoms with E-state index in [1.54, 1.807) is 18.3 Å². The van der Waals surface area contributed by atoms with Gasteiger partial charge in [-0.15, -0.1) is 0 Å². The maximum atomic E-state index is 13.6. The summed E-state index contributed by atoms with van der Waals surface area (Å²) in [6.07, 6.45) is 7.01. The van der Waals surface area contributed by atoms with Crippen molar-refractivity contribution < 1.29 is 9.47 Å². The Balaban J connectivity index is 1.84. The summed E-state index contributed by atoms with van der Waals surface area (Å²) in [5.41, 5.74) is 1.15. The molecular weight excluding hydrogens is 644 g/mol. The van der Waals surface area contributed by atoms with Crippen molar-refractivity contribution in [1.29, 1.82) is 5.26 Å². The number of nitriles is 1. The third-order valence-corrected chi connectivity index (χ3v) is 8.49. The zero-order valence-electron chi connectivity index (χ0n) is 19.1. The monoisotopic (exact) mass is 664 g/mol. The van der Waals surface area contributed by atoms with Gasteiger partial charge in [-0.05, 0) is 75.9 Å². The maximum absolute atomic E-state index is 13.6. The van der Waals surface area contributed by atoms with Gasteiger partial charge in [0.05, 0.1) is 28.2 Å². The first kappa shape index (κ1) is 25.9. The van der Waals surface area contributed by atoms with Gasteiger partial charge < -0.3 is 9.47 Å². The number of hydrogen-bond acceptors (Lipinski definition) is 6. The van der Waals surface area contributed by atoms with Crippen LogP contribution in [0, 0.1) is 11.3 Å². The minimum atomic E-state index is -0.206. The molecule has 35 heavy (non-hydrogen) atoms. The third-order valence-electron chi connectivity index (χ3n) is 5.85. The van der Waals surface area contributed by atoms with Crippen LogP contribution in [0.15, 0.2) is 47.6 Å². The Kier molecular flexibility index (Phi) is 8.63. The Morgan fingerprint density at radius 1 is 1.17 bits per heavy atom. The van der Waals surface area contributed by atoms with E-state index in [1.165, 1.54) is 11.1 Å². The molecule has 7 nitrogen and oxygen atoms in total. The fourth-order valence-electron chi connectivity index (χ4n) is 4.22. The lowest BCUT2D eigenvalue weighted by atomic mass is 9.88. The first-order chi connectivity index (χ1) is 16.9. The Morgan fingerprint density at radius 3 is 2.66 bits per heavy atom. The lowest BCUT2D eigenvalue weighted by molar-refractivity contribution is 0.297. The molecule has 2 aromatic carbocycles. The molecule has 0 radical (unpaired) electrons. The molecule has 0 saturated heterocycles. The second-order valence-corrected chi connectivity index (χ2v) is 10.6. The Labute approximate surface area is 228 Å². The number of nitrogens with zero attached hydrogens (tertiary/aromatic N) is 4. The summed E-state index contributed by atoms with van der Waals surface area (Å²) in [5.74, 6) is 1.77. The zero-order valence-corrected chi connectivity index (χ0v) is 23.8. The average molecular weight is 667 g/mol. The minimum Gasteiger partial charge on any atom is -0.490 e. The van der Waals surface area contributed by atoms with Crippen LogP contribution in [0.3, 0.4) is 0 Å². The van der Waals surface area contributed by atoms with E-state index in [4.69, 9.17) is 19.7 Å². The number of ether oxygens (including phenoxy) is 2. The fourth-order valence-corrected chi connectivity index (χ4v) is 5.52. The minimum absolute atomic E-state index is 0.114. The van der Waals surface area contributed by atoms with Gasteiger partial charge in [0.15, 0.2) is 18.1 Å². The predicted octanol–water partition coefficient (Wildman–Crippen LogP) is 6.91. The lowest BCUT2D eigenvalue weighted by Crippen LogP contribution is -2.25. The fraction of sp³-hybridized carbons (Fsp3) is 0.360. The van der Waals surface area contributed by atoms with Gasteiger partial charge in [-0.25, -0.2) is 4.98 Å². The average Bonchev–Trinajstić information content (AvgIpc) is 2.87. The number of rotatable bonds is 7. The molecule has 0 N–H and O–H groups in total. The molecule has 4 rings (SSSR count). The van der Waals surface area contributed by atoms with Crippen LogP contribution in [0.4, 0.5) is 0 Å². The van der Waals surface area contributed by atoms with Crippen LogP contribution < -0.4 is 15.0 Å². The van der Waals surface area contributed by atoms with Gasteiger partial charge in [0.2, 0.25) is 0 Å². The molecule has 182 valence electrons. The van der Waals surface area contributed by atoms with Crippen LogP contribution in [-0.4, -0.2) is 29.1 Å². The summed E-state index contributed by atoms with van der Waals surface area (Å²) in [6.45, 7) is 2.17. The molecular formula is C25H23Br3N4O3. The van der Waals surface area contributed by atoms with Gasteiger partial charge in [0.25, 0.3) is 5.56 Å². The highest BCUT2D eigenvalue weighted by molar-refractivity contribution is 9.13. The van der Waals surface area contributed by atoms with Gasteiger partial charge in [-0.2, -0.15) is 15.0 Å². The van der Waals surface area contributed by atoms with Crippen LogP contribution in [-0.2, 0) is 0 Å². The summed E-state index contributed by atoms with van der Waals surface area (Å²) in [4.78, 5) is 18.4. The molecule has 10 heteroatoms. The molecule has 0 aliphatic heterocycles. The first-order valence-corrected chi connectivity index (χ1v) is 13.7. The molecule has 0 amide bonds. The van der Waals surface area contributed by atoms with Crippen molar-refractivity contribution in [3.05, 3.63) is 59.4 Å². The standard InChI is InChI=1S/C25H23Br3N4O3/c1-2-34-20-12-16(21(27)22(28)23(20)35-11-10-29)14-30-32-24(15-6-4-3-5-7-15)31-19-9-8-17(26)13-18(19)25(32)33/h8-9,12-15H,2-7,11H2,1H3. The second-order valence-electron chi connectivity index (χ2n) is 8.13. The van der Waals surface area contributed by atoms with Crippen molar-refractivity contribution in [2.24, 2.45) is 5.10 Å². The molecule has 0 atom stereocenters. The molecule has 1 saturated carbocycles. The smallest absolute Gasteiger partial charge is 0.282 e. The lowest BCUT2D eigenvalue weighted by Gasteiger charge is -2.22. The van der Waals surface area contributed by atoms with Gasteiger partial charge in [0, 0.05) is 20.4 Å². The van der Waals surface area contributed by atoms with E-state index in [-0.39, 0.29) is 18.1 Å². The summed E-state index contributed by atoms with van der Waals surface area (Å²) in [7, 11) is 0. The van der Waals surface area contributed by atoms with E-state index in [9.17, 15) is 4.79 Å². The molecule has 1 heterocycles. The molecule has 0 bridgehead atoms. The maximum Gasteiger partial charge on any atom is 0.282 e. The summed E-state index contributed by atoms with van der Waals surface area (Å²) >= 11 is 10.6.